The van der Waals surface area contributed by atoms with Gasteiger partial charge in [0.05, 0.1) is 31.4 Å². The minimum absolute atomic E-state index is 0.0336. The quantitative estimate of drug-likeness (QED) is 0.402. The molecule has 1 N–H and O–H groups in total. The highest BCUT2D eigenvalue weighted by Gasteiger charge is 2.14. The Hall–Kier alpha value is -1.86. The predicted molar refractivity (Wildman–Crippen MR) is 75.5 cm³/mol. The van der Waals surface area contributed by atoms with Crippen LogP contribution >= 0.6 is 0 Å². The molecule has 0 spiro atoms. The van der Waals surface area contributed by atoms with E-state index in [1.165, 1.54) is 6.07 Å². The van der Waals surface area contributed by atoms with Crippen molar-refractivity contribution >= 4 is 11.4 Å². The van der Waals surface area contributed by atoms with Gasteiger partial charge in [-0.05, 0) is 13.0 Å². The number of hydrogen-bond donors (Lipinski definition) is 1. The summed E-state index contributed by atoms with van der Waals surface area (Å²) >= 11 is 0. The lowest BCUT2D eigenvalue weighted by Crippen LogP contribution is -2.12. The Morgan fingerprint density at radius 1 is 1.30 bits per heavy atom. The van der Waals surface area contributed by atoms with Gasteiger partial charge in [-0.25, -0.2) is 0 Å². The van der Waals surface area contributed by atoms with Gasteiger partial charge in [0.15, 0.2) is 5.75 Å². The molecular formula is C13H20N2O5. The van der Waals surface area contributed by atoms with Crippen LogP contribution < -0.4 is 10.1 Å². The maximum atomic E-state index is 10.8. The minimum atomic E-state index is -0.456. The summed E-state index contributed by atoms with van der Waals surface area (Å²) in [6.45, 7) is 4.41. The van der Waals surface area contributed by atoms with Crippen molar-refractivity contribution in [1.82, 2.24) is 0 Å². The van der Waals surface area contributed by atoms with E-state index < -0.39 is 4.92 Å². The molecule has 0 aliphatic carbocycles. The van der Waals surface area contributed by atoms with Gasteiger partial charge in [-0.15, -0.1) is 0 Å². The molecule has 0 aliphatic rings. The third kappa shape index (κ3) is 5.41. The monoisotopic (exact) mass is 284 g/mol. The molecule has 0 aliphatic heterocycles. The largest absolute Gasteiger partial charge is 0.487 e. The van der Waals surface area contributed by atoms with Crippen molar-refractivity contribution in [2.45, 2.75) is 6.92 Å². The third-order valence-electron chi connectivity index (χ3n) is 2.46. The number of methoxy groups -OCH3 is 1. The Kier molecular flexibility index (Phi) is 7.38. The van der Waals surface area contributed by atoms with Crippen molar-refractivity contribution in [2.24, 2.45) is 0 Å². The molecule has 1 aromatic carbocycles. The zero-order valence-corrected chi connectivity index (χ0v) is 11.8. The first-order valence-corrected chi connectivity index (χ1v) is 6.40. The van der Waals surface area contributed by atoms with Crippen LogP contribution in [0.3, 0.4) is 0 Å². The van der Waals surface area contributed by atoms with Crippen LogP contribution in [-0.4, -0.2) is 45.0 Å². The van der Waals surface area contributed by atoms with E-state index in [0.29, 0.717) is 33.0 Å². The SMILES string of the molecule is CCOc1cc(NCCOCCOC)ccc1[N+](=O)[O-]. The lowest BCUT2D eigenvalue weighted by atomic mass is 10.2. The van der Waals surface area contributed by atoms with E-state index in [1.807, 2.05) is 0 Å². The summed E-state index contributed by atoms with van der Waals surface area (Å²) < 4.78 is 15.4. The average Bonchev–Trinajstić information content (AvgIpc) is 2.43. The van der Waals surface area contributed by atoms with Crippen LogP contribution in [-0.2, 0) is 9.47 Å². The zero-order valence-electron chi connectivity index (χ0n) is 11.8. The molecule has 0 radical (unpaired) electrons. The molecule has 7 heteroatoms. The number of nitrogens with zero attached hydrogens (tertiary/aromatic N) is 1. The van der Waals surface area contributed by atoms with Gasteiger partial charge in [-0.2, -0.15) is 0 Å². The highest BCUT2D eigenvalue weighted by Crippen LogP contribution is 2.29. The number of nitro benzene ring substituents is 1. The van der Waals surface area contributed by atoms with Crippen LogP contribution in [0.5, 0.6) is 5.75 Å². The van der Waals surface area contributed by atoms with E-state index in [4.69, 9.17) is 14.2 Å². The summed E-state index contributed by atoms with van der Waals surface area (Å²) in [5.41, 5.74) is 0.725. The molecule has 0 unspecified atom stereocenters. The highest BCUT2D eigenvalue weighted by molar-refractivity contribution is 5.57. The maximum absolute atomic E-state index is 10.8. The molecule has 0 heterocycles. The molecule has 112 valence electrons. The van der Waals surface area contributed by atoms with Gasteiger partial charge < -0.3 is 19.5 Å². The molecule has 0 amide bonds. The molecule has 0 saturated heterocycles. The summed E-state index contributed by atoms with van der Waals surface area (Å²) in [5, 5.41) is 14.0. The fourth-order valence-corrected chi connectivity index (χ4v) is 1.56. The summed E-state index contributed by atoms with van der Waals surface area (Å²) in [4.78, 5) is 10.4. The van der Waals surface area contributed by atoms with E-state index in [2.05, 4.69) is 5.32 Å². The first-order valence-electron chi connectivity index (χ1n) is 6.40. The summed E-state index contributed by atoms with van der Waals surface area (Å²) in [6, 6.07) is 4.70. The first kappa shape index (κ1) is 16.2. The van der Waals surface area contributed by atoms with Gasteiger partial charge in [0.25, 0.3) is 0 Å². The molecular weight excluding hydrogens is 264 g/mol. The van der Waals surface area contributed by atoms with Crippen molar-refractivity contribution in [2.75, 3.05) is 45.4 Å². The molecule has 1 aromatic rings. The fraction of sp³-hybridized carbons (Fsp3) is 0.538. The zero-order chi connectivity index (χ0) is 14.8. The van der Waals surface area contributed by atoms with E-state index >= 15 is 0 Å². The topological polar surface area (TPSA) is 82.9 Å². The Morgan fingerprint density at radius 3 is 2.75 bits per heavy atom. The number of ether oxygens (including phenoxy) is 3. The van der Waals surface area contributed by atoms with Gasteiger partial charge in [0.1, 0.15) is 0 Å². The minimum Gasteiger partial charge on any atom is -0.487 e. The number of nitro groups is 1. The summed E-state index contributed by atoms with van der Waals surface area (Å²) in [7, 11) is 1.62. The Labute approximate surface area is 118 Å². The molecule has 0 atom stereocenters. The van der Waals surface area contributed by atoms with Gasteiger partial charge in [0.2, 0.25) is 0 Å². The second kappa shape index (κ2) is 9.11. The number of hydrogen-bond acceptors (Lipinski definition) is 6. The molecule has 0 fully saturated rings. The van der Waals surface area contributed by atoms with Crippen LogP contribution in [0.2, 0.25) is 0 Å². The lowest BCUT2D eigenvalue weighted by Gasteiger charge is -2.09. The number of benzene rings is 1. The highest BCUT2D eigenvalue weighted by atomic mass is 16.6. The van der Waals surface area contributed by atoms with Crippen LogP contribution in [0.15, 0.2) is 18.2 Å². The van der Waals surface area contributed by atoms with Crippen LogP contribution in [0.4, 0.5) is 11.4 Å². The third-order valence-corrected chi connectivity index (χ3v) is 2.46. The van der Waals surface area contributed by atoms with Crippen molar-refractivity contribution in [3.63, 3.8) is 0 Å². The van der Waals surface area contributed by atoms with Crippen molar-refractivity contribution in [1.29, 1.82) is 0 Å². The van der Waals surface area contributed by atoms with Crippen molar-refractivity contribution in [3.05, 3.63) is 28.3 Å². The van der Waals surface area contributed by atoms with Gasteiger partial charge >= 0.3 is 5.69 Å². The molecule has 20 heavy (non-hydrogen) atoms. The molecule has 0 saturated carbocycles. The van der Waals surface area contributed by atoms with Crippen LogP contribution in [0, 0.1) is 10.1 Å². The van der Waals surface area contributed by atoms with Gasteiger partial charge in [-0.1, -0.05) is 0 Å². The van der Waals surface area contributed by atoms with Crippen molar-refractivity contribution < 1.29 is 19.1 Å². The normalized spacial score (nSPS) is 10.3. The first-order chi connectivity index (χ1) is 9.69. The van der Waals surface area contributed by atoms with E-state index in [9.17, 15) is 10.1 Å². The Morgan fingerprint density at radius 2 is 2.10 bits per heavy atom. The molecule has 1 rings (SSSR count). The second-order valence-corrected chi connectivity index (χ2v) is 3.90. The number of rotatable bonds is 10. The van der Waals surface area contributed by atoms with E-state index in [1.54, 1.807) is 26.2 Å². The predicted octanol–water partition coefficient (Wildman–Crippen LogP) is 2.07. The number of anilines is 1. The maximum Gasteiger partial charge on any atom is 0.311 e. The Bertz CT molecular complexity index is 425. The van der Waals surface area contributed by atoms with E-state index in [0.717, 1.165) is 5.69 Å². The van der Waals surface area contributed by atoms with Gasteiger partial charge in [0, 0.05) is 31.5 Å². The Balaban J connectivity index is 2.50. The average molecular weight is 284 g/mol. The smallest absolute Gasteiger partial charge is 0.311 e. The lowest BCUT2D eigenvalue weighted by molar-refractivity contribution is -0.385. The molecule has 0 aromatic heterocycles. The van der Waals surface area contributed by atoms with Crippen LogP contribution in [0.1, 0.15) is 6.92 Å². The number of nitrogens with one attached hydrogen (secondary N) is 1. The summed E-state index contributed by atoms with van der Waals surface area (Å²) in [6.07, 6.45) is 0. The van der Waals surface area contributed by atoms with Crippen molar-refractivity contribution in [3.8, 4) is 5.75 Å². The molecule has 7 nitrogen and oxygen atoms in total. The van der Waals surface area contributed by atoms with E-state index in [-0.39, 0.29) is 11.4 Å². The summed E-state index contributed by atoms with van der Waals surface area (Å²) in [5.74, 6) is 0.266. The second-order valence-electron chi connectivity index (χ2n) is 3.90. The fourth-order valence-electron chi connectivity index (χ4n) is 1.56. The standard InChI is InChI=1S/C13H20N2O5/c1-3-20-13-10-11(4-5-12(13)15(16)17)14-6-7-19-9-8-18-2/h4-5,10,14H,3,6-9H2,1-2H3. The van der Waals surface area contributed by atoms with Gasteiger partial charge in [-0.3, -0.25) is 10.1 Å². The van der Waals surface area contributed by atoms with Crippen LogP contribution in [0.25, 0.3) is 0 Å². The molecule has 0 bridgehead atoms.